The van der Waals surface area contributed by atoms with Gasteiger partial charge in [-0.05, 0) is 5.56 Å². The number of imidazole rings is 1. The number of benzene rings is 1. The highest BCUT2D eigenvalue weighted by Gasteiger charge is 2.10. The maximum atomic E-state index is 5.74. The Labute approximate surface area is 104 Å². The van der Waals surface area contributed by atoms with Crippen molar-refractivity contribution >= 4 is 17.1 Å². The second kappa shape index (κ2) is 4.10. The lowest BCUT2D eigenvalue weighted by molar-refractivity contribution is 0.928. The van der Waals surface area contributed by atoms with Crippen LogP contribution in [0.4, 0.5) is 5.95 Å². The van der Waals surface area contributed by atoms with Crippen LogP contribution in [0.25, 0.3) is 11.2 Å². The lowest BCUT2D eigenvalue weighted by Crippen LogP contribution is -2.02. The summed E-state index contributed by atoms with van der Waals surface area (Å²) in [7, 11) is 1.90. The minimum Gasteiger partial charge on any atom is -0.368 e. The molecule has 2 aromatic heterocycles. The predicted octanol–water partition coefficient (Wildman–Crippen LogP) is 1.54. The number of hydrogen-bond acceptors (Lipinski definition) is 4. The van der Waals surface area contributed by atoms with Gasteiger partial charge in [-0.25, -0.2) is 9.97 Å². The van der Waals surface area contributed by atoms with Crippen molar-refractivity contribution in [3.05, 3.63) is 47.9 Å². The summed E-state index contributed by atoms with van der Waals surface area (Å²) in [5.41, 5.74) is 9.38. The van der Waals surface area contributed by atoms with Crippen molar-refractivity contribution in [3.63, 3.8) is 0 Å². The van der Waals surface area contributed by atoms with Crippen molar-refractivity contribution in [1.29, 1.82) is 0 Å². The van der Waals surface area contributed by atoms with E-state index in [1.165, 1.54) is 5.56 Å². The first kappa shape index (κ1) is 10.7. The Morgan fingerprint density at radius 1 is 1.17 bits per heavy atom. The molecule has 1 aromatic carbocycles. The third kappa shape index (κ3) is 1.79. The molecule has 0 atom stereocenters. The molecule has 0 saturated heterocycles. The third-order valence-electron chi connectivity index (χ3n) is 2.86. The van der Waals surface area contributed by atoms with Gasteiger partial charge in [0.1, 0.15) is 5.52 Å². The van der Waals surface area contributed by atoms with E-state index in [1.54, 1.807) is 6.33 Å². The van der Waals surface area contributed by atoms with Gasteiger partial charge in [-0.2, -0.15) is 4.98 Å². The van der Waals surface area contributed by atoms with Crippen molar-refractivity contribution in [3.8, 4) is 0 Å². The van der Waals surface area contributed by atoms with E-state index in [-0.39, 0.29) is 5.95 Å². The van der Waals surface area contributed by atoms with E-state index in [0.717, 1.165) is 16.9 Å². The highest BCUT2D eigenvalue weighted by molar-refractivity contribution is 5.75. The molecule has 0 spiro atoms. The van der Waals surface area contributed by atoms with Gasteiger partial charge in [0.15, 0.2) is 5.65 Å². The second-order valence-electron chi connectivity index (χ2n) is 4.22. The van der Waals surface area contributed by atoms with Gasteiger partial charge in [-0.3, -0.25) is 0 Å². The summed E-state index contributed by atoms with van der Waals surface area (Å²) in [4.78, 5) is 12.8. The fourth-order valence-electron chi connectivity index (χ4n) is 2.00. The van der Waals surface area contributed by atoms with Crippen LogP contribution in [0.1, 0.15) is 11.3 Å². The van der Waals surface area contributed by atoms with E-state index in [0.29, 0.717) is 6.42 Å². The smallest absolute Gasteiger partial charge is 0.222 e. The van der Waals surface area contributed by atoms with Crippen LogP contribution in [0.3, 0.4) is 0 Å². The van der Waals surface area contributed by atoms with Gasteiger partial charge in [0, 0.05) is 13.5 Å². The van der Waals surface area contributed by atoms with E-state index in [1.807, 2.05) is 29.8 Å². The molecule has 0 unspecified atom stereocenters. The number of fused-ring (bicyclic) bond motifs is 1. The van der Waals surface area contributed by atoms with Crippen molar-refractivity contribution in [2.75, 3.05) is 5.73 Å². The maximum absolute atomic E-state index is 5.74. The number of aromatic nitrogens is 4. The Balaban J connectivity index is 2.11. The largest absolute Gasteiger partial charge is 0.368 e. The summed E-state index contributed by atoms with van der Waals surface area (Å²) in [6, 6.07) is 10.1. The maximum Gasteiger partial charge on any atom is 0.222 e. The summed E-state index contributed by atoms with van der Waals surface area (Å²) in [5, 5.41) is 0. The standard InChI is InChI=1S/C13H13N5/c1-18-8-15-11-10(16-13(14)17-12(11)18)7-9-5-3-2-4-6-9/h2-6,8H,7H2,1H3,(H2,14,16,17). The molecule has 0 aliphatic heterocycles. The van der Waals surface area contributed by atoms with Crippen LogP contribution in [0.5, 0.6) is 0 Å². The summed E-state index contributed by atoms with van der Waals surface area (Å²) in [6.07, 6.45) is 2.44. The van der Waals surface area contributed by atoms with E-state index >= 15 is 0 Å². The number of nitrogen functional groups attached to an aromatic ring is 1. The molecule has 0 amide bonds. The second-order valence-corrected chi connectivity index (χ2v) is 4.22. The number of nitrogens with zero attached hydrogens (tertiary/aromatic N) is 4. The van der Waals surface area contributed by atoms with E-state index in [4.69, 9.17) is 5.73 Å². The lowest BCUT2D eigenvalue weighted by atomic mass is 10.1. The molecular formula is C13H13N5. The normalized spacial score (nSPS) is 10.9. The zero-order valence-electron chi connectivity index (χ0n) is 10.0. The Kier molecular flexibility index (Phi) is 2.44. The average molecular weight is 239 g/mol. The summed E-state index contributed by atoms with van der Waals surface area (Å²) in [6.45, 7) is 0. The quantitative estimate of drug-likeness (QED) is 0.736. The fraction of sp³-hybridized carbons (Fsp3) is 0.154. The van der Waals surface area contributed by atoms with Crippen LogP contribution in [-0.2, 0) is 13.5 Å². The lowest BCUT2D eigenvalue weighted by Gasteiger charge is -2.03. The van der Waals surface area contributed by atoms with Gasteiger partial charge >= 0.3 is 0 Å². The molecule has 5 heteroatoms. The minimum absolute atomic E-state index is 0.289. The van der Waals surface area contributed by atoms with E-state index < -0.39 is 0 Å². The third-order valence-corrected chi connectivity index (χ3v) is 2.86. The van der Waals surface area contributed by atoms with E-state index in [9.17, 15) is 0 Å². The minimum atomic E-state index is 0.289. The molecule has 0 radical (unpaired) electrons. The number of rotatable bonds is 2. The number of hydrogen-bond donors (Lipinski definition) is 1. The molecule has 90 valence electrons. The molecule has 0 bridgehead atoms. The van der Waals surface area contributed by atoms with E-state index in [2.05, 4.69) is 27.1 Å². The van der Waals surface area contributed by atoms with Crippen LogP contribution < -0.4 is 5.73 Å². The van der Waals surface area contributed by atoms with Gasteiger partial charge in [-0.1, -0.05) is 30.3 Å². The average Bonchev–Trinajstić information content (AvgIpc) is 2.73. The van der Waals surface area contributed by atoms with Crippen molar-refractivity contribution < 1.29 is 0 Å². The molecule has 2 N–H and O–H groups in total. The van der Waals surface area contributed by atoms with Gasteiger partial charge < -0.3 is 10.3 Å². The molecular weight excluding hydrogens is 226 g/mol. The van der Waals surface area contributed by atoms with Crippen LogP contribution in [0.15, 0.2) is 36.7 Å². The van der Waals surface area contributed by atoms with Gasteiger partial charge in [0.25, 0.3) is 0 Å². The molecule has 5 nitrogen and oxygen atoms in total. The monoisotopic (exact) mass is 239 g/mol. The first-order valence-corrected chi connectivity index (χ1v) is 5.71. The Bertz CT molecular complexity index is 687. The summed E-state index contributed by atoms with van der Waals surface area (Å²) in [5.74, 6) is 0.289. The first-order valence-electron chi connectivity index (χ1n) is 5.71. The van der Waals surface area contributed by atoms with Crippen LogP contribution in [-0.4, -0.2) is 19.5 Å². The Hall–Kier alpha value is -2.43. The van der Waals surface area contributed by atoms with Crippen LogP contribution >= 0.6 is 0 Å². The fourth-order valence-corrected chi connectivity index (χ4v) is 2.00. The molecule has 0 aliphatic carbocycles. The van der Waals surface area contributed by atoms with Gasteiger partial charge in [0.2, 0.25) is 5.95 Å². The van der Waals surface area contributed by atoms with Crippen molar-refractivity contribution in [2.45, 2.75) is 6.42 Å². The van der Waals surface area contributed by atoms with Gasteiger partial charge in [0.05, 0.1) is 12.0 Å². The molecule has 0 fully saturated rings. The molecule has 0 aliphatic rings. The highest BCUT2D eigenvalue weighted by atomic mass is 15.1. The number of aryl methyl sites for hydroxylation is 1. The van der Waals surface area contributed by atoms with Crippen LogP contribution in [0, 0.1) is 0 Å². The zero-order chi connectivity index (χ0) is 12.5. The SMILES string of the molecule is Cn1cnc2c(Cc3ccccc3)nc(N)nc21. The van der Waals surface area contributed by atoms with Gasteiger partial charge in [-0.15, -0.1) is 0 Å². The summed E-state index contributed by atoms with van der Waals surface area (Å²) < 4.78 is 1.85. The predicted molar refractivity (Wildman–Crippen MR) is 70.0 cm³/mol. The Morgan fingerprint density at radius 3 is 2.72 bits per heavy atom. The molecule has 2 heterocycles. The Morgan fingerprint density at radius 2 is 1.94 bits per heavy atom. The topological polar surface area (TPSA) is 69.6 Å². The van der Waals surface area contributed by atoms with Crippen molar-refractivity contribution in [1.82, 2.24) is 19.5 Å². The van der Waals surface area contributed by atoms with Crippen molar-refractivity contribution in [2.24, 2.45) is 7.05 Å². The molecule has 18 heavy (non-hydrogen) atoms. The summed E-state index contributed by atoms with van der Waals surface area (Å²) >= 11 is 0. The zero-order valence-corrected chi connectivity index (χ0v) is 10.0. The molecule has 0 saturated carbocycles. The molecule has 3 aromatic rings. The highest BCUT2D eigenvalue weighted by Crippen LogP contribution is 2.17. The van der Waals surface area contributed by atoms with Crippen LogP contribution in [0.2, 0.25) is 0 Å². The number of nitrogens with two attached hydrogens (primary N) is 1. The molecule has 3 rings (SSSR count). The number of anilines is 1. The first-order chi connectivity index (χ1) is 8.74.